The Morgan fingerprint density at radius 2 is 2.38 bits per heavy atom. The Hall–Kier alpha value is -0.610. The van der Waals surface area contributed by atoms with Crippen molar-refractivity contribution >= 4 is 5.91 Å². The van der Waals surface area contributed by atoms with E-state index in [1.54, 1.807) is 0 Å². The molecule has 1 amide bonds. The van der Waals surface area contributed by atoms with Gasteiger partial charge in [0.2, 0.25) is 5.91 Å². The van der Waals surface area contributed by atoms with Gasteiger partial charge in [-0.15, -0.1) is 0 Å². The number of hydrogen-bond donors (Lipinski definition) is 2. The molecule has 16 heavy (non-hydrogen) atoms. The summed E-state index contributed by atoms with van der Waals surface area (Å²) < 4.78 is 5.63. The van der Waals surface area contributed by atoms with Gasteiger partial charge in [0.05, 0.1) is 6.10 Å². The number of carbonyl (C=O) groups excluding carboxylic acids is 1. The molecule has 1 fully saturated rings. The maximum absolute atomic E-state index is 11.5. The van der Waals surface area contributed by atoms with Gasteiger partial charge in [-0.1, -0.05) is 6.92 Å². The van der Waals surface area contributed by atoms with Gasteiger partial charge in [0, 0.05) is 12.1 Å². The van der Waals surface area contributed by atoms with Crippen LogP contribution in [0.15, 0.2) is 0 Å². The maximum atomic E-state index is 11.5. The fourth-order valence-corrected chi connectivity index (χ4v) is 1.84. The molecule has 3 atom stereocenters. The van der Waals surface area contributed by atoms with Gasteiger partial charge in [0.1, 0.15) is 6.61 Å². The van der Waals surface area contributed by atoms with Gasteiger partial charge in [0.15, 0.2) is 0 Å². The first-order chi connectivity index (χ1) is 7.63. The molecule has 0 aromatic carbocycles. The van der Waals surface area contributed by atoms with Crippen molar-refractivity contribution in [3.8, 4) is 0 Å². The lowest BCUT2D eigenvalue weighted by molar-refractivity contribution is -0.129. The Bertz CT molecular complexity index is 221. The van der Waals surface area contributed by atoms with Gasteiger partial charge in [-0.2, -0.15) is 0 Å². The Kier molecular flexibility index (Phi) is 5.77. The number of rotatable bonds is 5. The molecule has 0 aliphatic carbocycles. The van der Waals surface area contributed by atoms with Crippen LogP contribution in [0, 0.1) is 0 Å². The first kappa shape index (κ1) is 13.5. The zero-order chi connectivity index (χ0) is 12.0. The summed E-state index contributed by atoms with van der Waals surface area (Å²) in [5.41, 5.74) is 0. The van der Waals surface area contributed by atoms with Crippen molar-refractivity contribution in [2.75, 3.05) is 13.2 Å². The highest BCUT2D eigenvalue weighted by Gasteiger charge is 2.22. The summed E-state index contributed by atoms with van der Waals surface area (Å²) in [6.45, 7) is 7.40. The number of hydrogen-bond acceptors (Lipinski definition) is 3. The topological polar surface area (TPSA) is 50.4 Å². The largest absolute Gasteiger partial charge is 0.367 e. The van der Waals surface area contributed by atoms with Crippen LogP contribution < -0.4 is 10.6 Å². The van der Waals surface area contributed by atoms with Crippen LogP contribution >= 0.6 is 0 Å². The third kappa shape index (κ3) is 4.49. The molecule has 0 spiro atoms. The van der Waals surface area contributed by atoms with E-state index < -0.39 is 0 Å². The Balaban J connectivity index is 2.20. The molecular weight excluding hydrogens is 204 g/mol. The monoisotopic (exact) mass is 228 g/mol. The highest BCUT2D eigenvalue weighted by atomic mass is 16.5. The molecule has 0 aromatic heterocycles. The Labute approximate surface area is 98.1 Å². The minimum absolute atomic E-state index is 0.00729. The molecular formula is C12H24N2O2. The van der Waals surface area contributed by atoms with Gasteiger partial charge in [-0.25, -0.2) is 0 Å². The number of amides is 1. The molecule has 0 radical (unpaired) electrons. The van der Waals surface area contributed by atoms with Crippen molar-refractivity contribution in [3.63, 3.8) is 0 Å². The molecule has 94 valence electrons. The van der Waals surface area contributed by atoms with Crippen LogP contribution in [0.2, 0.25) is 0 Å². The van der Waals surface area contributed by atoms with E-state index in [1.807, 2.05) is 6.92 Å². The summed E-state index contributed by atoms with van der Waals surface area (Å²) in [5, 5.41) is 6.25. The maximum Gasteiger partial charge on any atom is 0.246 e. The average molecular weight is 228 g/mol. The van der Waals surface area contributed by atoms with Crippen LogP contribution in [0.5, 0.6) is 0 Å². The average Bonchev–Trinajstić information content (AvgIpc) is 2.28. The zero-order valence-electron chi connectivity index (χ0n) is 10.6. The van der Waals surface area contributed by atoms with Crippen molar-refractivity contribution < 1.29 is 9.53 Å². The minimum Gasteiger partial charge on any atom is -0.367 e. The van der Waals surface area contributed by atoms with Crippen LogP contribution in [0.1, 0.15) is 40.0 Å². The molecule has 0 bridgehead atoms. The number of ether oxygens (including phenoxy) is 1. The fourth-order valence-electron chi connectivity index (χ4n) is 1.84. The van der Waals surface area contributed by atoms with Crippen LogP contribution in [-0.4, -0.2) is 37.2 Å². The van der Waals surface area contributed by atoms with E-state index in [-0.39, 0.29) is 24.7 Å². The van der Waals surface area contributed by atoms with Crippen molar-refractivity contribution in [3.05, 3.63) is 0 Å². The lowest BCUT2D eigenvalue weighted by atomic mass is 10.0. The first-order valence-electron chi connectivity index (χ1n) is 6.27. The van der Waals surface area contributed by atoms with E-state index >= 15 is 0 Å². The highest BCUT2D eigenvalue weighted by Crippen LogP contribution is 2.11. The lowest BCUT2D eigenvalue weighted by Crippen LogP contribution is -2.45. The quantitative estimate of drug-likeness (QED) is 0.739. The van der Waals surface area contributed by atoms with Crippen LogP contribution in [0.3, 0.4) is 0 Å². The van der Waals surface area contributed by atoms with E-state index in [0.29, 0.717) is 6.04 Å². The summed E-state index contributed by atoms with van der Waals surface area (Å²) >= 11 is 0. The van der Waals surface area contributed by atoms with Gasteiger partial charge in [-0.05, 0) is 39.7 Å². The third-order valence-corrected chi connectivity index (χ3v) is 3.14. The standard InChI is InChI=1S/C12H24N2O2/c1-4-9(2)14-12(15)8-16-11-6-5-7-13-10(11)3/h9-11,13H,4-8H2,1-3H3,(H,14,15). The number of piperidine rings is 1. The van der Waals surface area contributed by atoms with Gasteiger partial charge < -0.3 is 15.4 Å². The second kappa shape index (κ2) is 6.86. The molecule has 1 aliphatic heterocycles. The normalized spacial score (nSPS) is 27.4. The smallest absolute Gasteiger partial charge is 0.246 e. The van der Waals surface area contributed by atoms with E-state index in [0.717, 1.165) is 25.8 Å². The third-order valence-electron chi connectivity index (χ3n) is 3.14. The molecule has 2 N–H and O–H groups in total. The lowest BCUT2D eigenvalue weighted by Gasteiger charge is -2.29. The molecule has 3 unspecified atom stereocenters. The van der Waals surface area contributed by atoms with Crippen molar-refractivity contribution in [1.29, 1.82) is 0 Å². The highest BCUT2D eigenvalue weighted by molar-refractivity contribution is 5.77. The van der Waals surface area contributed by atoms with Crippen LogP contribution in [0.4, 0.5) is 0 Å². The van der Waals surface area contributed by atoms with E-state index in [2.05, 4.69) is 24.5 Å². The van der Waals surface area contributed by atoms with Gasteiger partial charge >= 0.3 is 0 Å². The number of carbonyl (C=O) groups is 1. The summed E-state index contributed by atoms with van der Waals surface area (Å²) in [4.78, 5) is 11.5. The van der Waals surface area contributed by atoms with E-state index in [9.17, 15) is 4.79 Å². The van der Waals surface area contributed by atoms with E-state index in [4.69, 9.17) is 4.74 Å². The molecule has 4 heteroatoms. The molecule has 1 aliphatic rings. The van der Waals surface area contributed by atoms with E-state index in [1.165, 1.54) is 0 Å². The summed E-state index contributed by atoms with van der Waals surface area (Å²) in [6, 6.07) is 0.586. The molecule has 0 aromatic rings. The summed E-state index contributed by atoms with van der Waals surface area (Å²) in [6.07, 6.45) is 3.30. The predicted octanol–water partition coefficient (Wildman–Crippen LogP) is 1.06. The zero-order valence-corrected chi connectivity index (χ0v) is 10.6. The van der Waals surface area contributed by atoms with Gasteiger partial charge in [0.25, 0.3) is 0 Å². The van der Waals surface area contributed by atoms with Crippen LogP contribution in [0.25, 0.3) is 0 Å². The second-order valence-corrected chi connectivity index (χ2v) is 4.61. The molecule has 0 saturated carbocycles. The van der Waals surface area contributed by atoms with Crippen LogP contribution in [-0.2, 0) is 9.53 Å². The molecule has 1 heterocycles. The first-order valence-corrected chi connectivity index (χ1v) is 6.27. The second-order valence-electron chi connectivity index (χ2n) is 4.61. The van der Waals surface area contributed by atoms with Gasteiger partial charge in [-0.3, -0.25) is 4.79 Å². The summed E-state index contributed by atoms with van der Waals surface area (Å²) in [5.74, 6) is -0.00729. The number of nitrogens with one attached hydrogen (secondary N) is 2. The molecule has 4 nitrogen and oxygen atoms in total. The van der Waals surface area contributed by atoms with Crippen molar-refractivity contribution in [2.45, 2.75) is 58.2 Å². The molecule has 1 rings (SSSR count). The summed E-state index contributed by atoms with van der Waals surface area (Å²) in [7, 11) is 0. The SMILES string of the molecule is CCC(C)NC(=O)COC1CCCNC1C. The van der Waals surface area contributed by atoms with Crippen molar-refractivity contribution in [2.24, 2.45) is 0 Å². The fraction of sp³-hybridized carbons (Fsp3) is 0.917. The Morgan fingerprint density at radius 1 is 1.62 bits per heavy atom. The minimum atomic E-state index is -0.00729. The predicted molar refractivity (Wildman–Crippen MR) is 64.3 cm³/mol. The Morgan fingerprint density at radius 3 is 3.00 bits per heavy atom. The van der Waals surface area contributed by atoms with Crippen molar-refractivity contribution in [1.82, 2.24) is 10.6 Å². The molecule has 1 saturated heterocycles.